The lowest BCUT2D eigenvalue weighted by molar-refractivity contribution is 0.0955. The van der Waals surface area contributed by atoms with Crippen LogP contribution in [0.25, 0.3) is 16.9 Å². The molecule has 200 valence electrons. The van der Waals surface area contributed by atoms with Crippen LogP contribution in [0.15, 0.2) is 113 Å². The fourth-order valence-corrected chi connectivity index (χ4v) is 6.00. The van der Waals surface area contributed by atoms with Gasteiger partial charge in [-0.1, -0.05) is 42.5 Å². The highest BCUT2D eigenvalue weighted by Gasteiger charge is 2.12. The lowest BCUT2D eigenvalue weighted by atomic mass is 10.1. The minimum atomic E-state index is -0.302. The Balaban J connectivity index is 1.23. The van der Waals surface area contributed by atoms with Gasteiger partial charge in [0.15, 0.2) is 0 Å². The van der Waals surface area contributed by atoms with E-state index in [0.29, 0.717) is 17.9 Å². The zero-order valence-corrected chi connectivity index (χ0v) is 25.2. The normalized spacial score (nSPS) is 11.1. The van der Waals surface area contributed by atoms with E-state index in [1.54, 1.807) is 30.5 Å². The molecule has 0 spiro atoms. The molecule has 1 heterocycles. The predicted molar refractivity (Wildman–Crippen MR) is 169 cm³/mol. The summed E-state index contributed by atoms with van der Waals surface area (Å²) in [6, 6.07) is 31.8. The number of carbonyl (C=O) groups is 1. The van der Waals surface area contributed by atoms with Crippen LogP contribution in [0.4, 0.5) is 4.39 Å². The van der Waals surface area contributed by atoms with Crippen molar-refractivity contribution in [2.75, 3.05) is 0 Å². The maximum atomic E-state index is 13.1. The zero-order chi connectivity index (χ0) is 28.1. The molecule has 0 radical (unpaired) electrons. The average molecular weight is 708 g/mol. The van der Waals surface area contributed by atoms with E-state index in [9.17, 15) is 9.18 Å². The second-order valence-electron chi connectivity index (χ2n) is 9.04. The maximum absolute atomic E-state index is 13.1. The number of nitrogens with one attached hydrogen (secondary N) is 1. The average Bonchev–Trinajstić information content (AvgIpc) is 3.35. The SMILES string of the molecule is Cc1ccc(-c2ccccc2)n1-c1ccc(C(=O)N/N=C/c2cc(Br)c(OCc3ccc(F)cc3)c(I)c2)cc1. The van der Waals surface area contributed by atoms with Crippen molar-refractivity contribution in [3.8, 4) is 22.7 Å². The molecular formula is C32H24BrFIN3O2. The van der Waals surface area contributed by atoms with Gasteiger partial charge in [0, 0.05) is 16.9 Å². The molecular weight excluding hydrogens is 684 g/mol. The number of aryl methyl sites for hydroxylation is 1. The first-order chi connectivity index (χ1) is 19.4. The lowest BCUT2D eigenvalue weighted by Crippen LogP contribution is -2.17. The summed E-state index contributed by atoms with van der Waals surface area (Å²) in [4.78, 5) is 12.7. The number of rotatable bonds is 8. The first kappa shape index (κ1) is 27.8. The van der Waals surface area contributed by atoms with Crippen molar-refractivity contribution < 1.29 is 13.9 Å². The van der Waals surface area contributed by atoms with Crippen LogP contribution in [0.1, 0.15) is 27.2 Å². The Kier molecular flexibility index (Phi) is 8.76. The molecule has 1 N–H and O–H groups in total. The number of carbonyl (C=O) groups excluding carboxylic acids is 1. The quantitative estimate of drug-likeness (QED) is 0.100. The summed E-state index contributed by atoms with van der Waals surface area (Å²) in [5.41, 5.74) is 9.06. The zero-order valence-electron chi connectivity index (χ0n) is 21.4. The van der Waals surface area contributed by atoms with Crippen molar-refractivity contribution in [1.82, 2.24) is 9.99 Å². The van der Waals surface area contributed by atoms with Crippen LogP contribution in [0.2, 0.25) is 0 Å². The van der Waals surface area contributed by atoms with E-state index < -0.39 is 0 Å². The Morgan fingerprint density at radius 3 is 2.42 bits per heavy atom. The first-order valence-corrected chi connectivity index (χ1v) is 14.3. The van der Waals surface area contributed by atoms with Crippen LogP contribution in [0.3, 0.4) is 0 Å². The number of ether oxygens (including phenoxy) is 1. The molecule has 5 aromatic rings. The van der Waals surface area contributed by atoms with Gasteiger partial charge >= 0.3 is 0 Å². The second kappa shape index (κ2) is 12.6. The van der Waals surface area contributed by atoms with Gasteiger partial charge in [0.2, 0.25) is 0 Å². The predicted octanol–water partition coefficient (Wildman–Crippen LogP) is 8.30. The Bertz CT molecular complexity index is 1640. The van der Waals surface area contributed by atoms with Gasteiger partial charge in [0.05, 0.1) is 20.0 Å². The van der Waals surface area contributed by atoms with E-state index in [4.69, 9.17) is 4.74 Å². The molecule has 40 heavy (non-hydrogen) atoms. The van der Waals surface area contributed by atoms with Crippen molar-refractivity contribution >= 4 is 50.6 Å². The van der Waals surface area contributed by atoms with E-state index in [2.05, 4.69) is 84.8 Å². The van der Waals surface area contributed by atoms with Crippen LogP contribution in [0, 0.1) is 16.3 Å². The summed E-state index contributed by atoms with van der Waals surface area (Å²) in [6.07, 6.45) is 1.58. The highest BCUT2D eigenvalue weighted by Crippen LogP contribution is 2.32. The van der Waals surface area contributed by atoms with Crippen LogP contribution in [0.5, 0.6) is 5.75 Å². The molecule has 0 fully saturated rings. The highest BCUT2D eigenvalue weighted by atomic mass is 127. The van der Waals surface area contributed by atoms with Crippen molar-refractivity contribution in [1.29, 1.82) is 0 Å². The topological polar surface area (TPSA) is 55.6 Å². The number of amides is 1. The maximum Gasteiger partial charge on any atom is 0.271 e. The number of benzene rings is 4. The van der Waals surface area contributed by atoms with Crippen LogP contribution in [-0.4, -0.2) is 16.7 Å². The van der Waals surface area contributed by atoms with Gasteiger partial charge in [-0.15, -0.1) is 0 Å². The van der Waals surface area contributed by atoms with Gasteiger partial charge in [-0.3, -0.25) is 4.79 Å². The molecule has 4 aromatic carbocycles. The third-order valence-electron chi connectivity index (χ3n) is 6.23. The first-order valence-electron chi connectivity index (χ1n) is 12.4. The number of hydrazone groups is 1. The number of aromatic nitrogens is 1. The number of halogens is 3. The molecule has 0 bridgehead atoms. The monoisotopic (exact) mass is 707 g/mol. The molecule has 0 unspecified atom stereocenters. The molecule has 5 nitrogen and oxygen atoms in total. The van der Waals surface area contributed by atoms with Gasteiger partial charge in [-0.2, -0.15) is 5.10 Å². The smallest absolute Gasteiger partial charge is 0.271 e. The van der Waals surface area contributed by atoms with Crippen LogP contribution in [-0.2, 0) is 6.61 Å². The molecule has 0 saturated carbocycles. The Hall–Kier alpha value is -3.76. The molecule has 0 aliphatic heterocycles. The third kappa shape index (κ3) is 6.51. The molecule has 0 aliphatic carbocycles. The molecule has 1 amide bonds. The minimum absolute atomic E-state index is 0.281. The summed E-state index contributed by atoms with van der Waals surface area (Å²) in [6.45, 7) is 2.38. The molecule has 0 aliphatic rings. The van der Waals surface area contributed by atoms with Crippen molar-refractivity contribution in [2.45, 2.75) is 13.5 Å². The summed E-state index contributed by atoms with van der Waals surface area (Å²) in [5.74, 6) is 0.0968. The molecule has 5 rings (SSSR count). The largest absolute Gasteiger partial charge is 0.487 e. The number of hydrogen-bond donors (Lipinski definition) is 1. The van der Waals surface area contributed by atoms with Crippen molar-refractivity contribution in [2.24, 2.45) is 5.10 Å². The van der Waals surface area contributed by atoms with Crippen molar-refractivity contribution in [3.05, 3.63) is 139 Å². The fourth-order valence-electron chi connectivity index (χ4n) is 4.24. The molecule has 0 atom stereocenters. The minimum Gasteiger partial charge on any atom is -0.487 e. The van der Waals surface area contributed by atoms with Crippen LogP contribution >= 0.6 is 38.5 Å². The Morgan fingerprint density at radius 1 is 1.00 bits per heavy atom. The van der Waals surface area contributed by atoms with E-state index in [-0.39, 0.29) is 11.7 Å². The standard InChI is InChI=1S/C32H24BrFIN3O2/c1-21-7-16-30(24-5-3-2-4-6-24)38(21)27-14-10-25(11-15-27)32(39)37-36-19-23-17-28(33)31(29(35)18-23)40-20-22-8-12-26(34)13-9-22/h2-19H,20H2,1H3,(H,37,39)/b36-19+. The van der Waals surface area contributed by atoms with Crippen LogP contribution < -0.4 is 10.2 Å². The summed E-state index contributed by atoms with van der Waals surface area (Å²) >= 11 is 5.73. The van der Waals surface area contributed by atoms with E-state index in [1.165, 1.54) is 12.1 Å². The molecule has 1 aromatic heterocycles. The highest BCUT2D eigenvalue weighted by molar-refractivity contribution is 14.1. The fraction of sp³-hybridized carbons (Fsp3) is 0.0625. The lowest BCUT2D eigenvalue weighted by Gasteiger charge is -2.13. The summed E-state index contributed by atoms with van der Waals surface area (Å²) in [7, 11) is 0. The van der Waals surface area contributed by atoms with E-state index in [0.717, 1.165) is 41.8 Å². The van der Waals surface area contributed by atoms with Crippen molar-refractivity contribution in [3.63, 3.8) is 0 Å². The third-order valence-corrected chi connectivity index (χ3v) is 7.62. The van der Waals surface area contributed by atoms with E-state index >= 15 is 0 Å². The van der Waals surface area contributed by atoms with E-state index in [1.807, 2.05) is 42.5 Å². The summed E-state index contributed by atoms with van der Waals surface area (Å²) < 4.78 is 22.8. The number of nitrogens with zero attached hydrogens (tertiary/aromatic N) is 2. The van der Waals surface area contributed by atoms with Gasteiger partial charge in [0.25, 0.3) is 5.91 Å². The number of hydrogen-bond acceptors (Lipinski definition) is 3. The Morgan fingerprint density at radius 2 is 1.73 bits per heavy atom. The molecule has 8 heteroatoms. The van der Waals surface area contributed by atoms with Gasteiger partial charge in [0.1, 0.15) is 18.2 Å². The summed E-state index contributed by atoms with van der Waals surface area (Å²) in [5, 5.41) is 4.14. The van der Waals surface area contributed by atoms with Gasteiger partial charge in [-0.05, 0) is 123 Å². The van der Waals surface area contributed by atoms with Gasteiger partial charge in [-0.25, -0.2) is 9.82 Å². The molecule has 0 saturated heterocycles. The Labute approximate surface area is 254 Å². The second-order valence-corrected chi connectivity index (χ2v) is 11.1. The van der Waals surface area contributed by atoms with Gasteiger partial charge < -0.3 is 9.30 Å².